The number of anilines is 1. The van der Waals surface area contributed by atoms with E-state index in [9.17, 15) is 4.79 Å². The number of benzene rings is 3. The minimum atomic E-state index is -0.0797. The highest BCUT2D eigenvalue weighted by molar-refractivity contribution is 9.10. The second kappa shape index (κ2) is 6.10. The Hall–Kier alpha value is -2.39. The SMILES string of the molecule is O=C1CCCC2=C1[C@@H](c1cccc(Br)c1)Nc1ccc3ccccc3c12. The fourth-order valence-electron chi connectivity index (χ4n) is 4.34. The maximum atomic E-state index is 12.9. The van der Waals surface area contributed by atoms with Crippen LogP contribution in [-0.4, -0.2) is 5.78 Å². The Bertz CT molecular complexity index is 1080. The quantitative estimate of drug-likeness (QED) is 0.518. The number of allylic oxidation sites excluding steroid dienone is 1. The molecule has 0 bridgehead atoms. The van der Waals surface area contributed by atoms with E-state index in [-0.39, 0.29) is 11.8 Å². The van der Waals surface area contributed by atoms with Crippen molar-refractivity contribution in [1.29, 1.82) is 0 Å². The molecule has 3 aromatic carbocycles. The zero-order valence-electron chi connectivity index (χ0n) is 14.3. The third-order valence-corrected chi connectivity index (χ3v) is 5.95. The second-order valence-electron chi connectivity index (χ2n) is 7.01. The standard InChI is InChI=1S/C23H18BrNO/c24-16-7-3-6-15(13-16)23-22-18(9-4-10-20(22)26)21-17-8-2-1-5-14(17)11-12-19(21)25-23/h1-3,5-8,11-13,23,25H,4,9-10H2/t23-/m1/s1. The van der Waals surface area contributed by atoms with Crippen LogP contribution in [0.25, 0.3) is 16.3 Å². The number of hydrogen-bond donors (Lipinski definition) is 1. The first kappa shape index (κ1) is 15.8. The Kier molecular flexibility index (Phi) is 3.71. The molecular formula is C23H18BrNO. The van der Waals surface area contributed by atoms with E-state index < -0.39 is 0 Å². The van der Waals surface area contributed by atoms with Gasteiger partial charge in [-0.05, 0) is 52.9 Å². The summed E-state index contributed by atoms with van der Waals surface area (Å²) in [5.41, 5.74) is 5.66. The van der Waals surface area contributed by atoms with Gasteiger partial charge < -0.3 is 5.32 Å². The molecule has 0 amide bonds. The molecule has 5 rings (SSSR count). The number of hydrogen-bond acceptors (Lipinski definition) is 2. The summed E-state index contributed by atoms with van der Waals surface area (Å²) >= 11 is 3.57. The average molecular weight is 404 g/mol. The van der Waals surface area contributed by atoms with Crippen molar-refractivity contribution in [3.8, 4) is 0 Å². The molecule has 1 heterocycles. The van der Waals surface area contributed by atoms with E-state index in [1.165, 1.54) is 21.9 Å². The molecule has 2 aliphatic rings. The van der Waals surface area contributed by atoms with Crippen LogP contribution in [0.15, 0.2) is 70.7 Å². The number of ketones is 1. The summed E-state index contributed by atoms with van der Waals surface area (Å²) in [7, 11) is 0. The Balaban J connectivity index is 1.79. The van der Waals surface area contributed by atoms with Crippen molar-refractivity contribution >= 4 is 43.7 Å². The van der Waals surface area contributed by atoms with Gasteiger partial charge in [0.05, 0.1) is 6.04 Å². The number of carbonyl (C=O) groups is 1. The molecule has 3 heteroatoms. The van der Waals surface area contributed by atoms with E-state index in [2.05, 4.69) is 69.8 Å². The Morgan fingerprint density at radius 1 is 0.962 bits per heavy atom. The van der Waals surface area contributed by atoms with Gasteiger partial charge in [-0.25, -0.2) is 0 Å². The third-order valence-electron chi connectivity index (χ3n) is 5.46. The van der Waals surface area contributed by atoms with E-state index in [1.54, 1.807) is 0 Å². The van der Waals surface area contributed by atoms with Crippen LogP contribution >= 0.6 is 15.9 Å². The maximum Gasteiger partial charge on any atom is 0.161 e. The first-order chi connectivity index (χ1) is 12.7. The first-order valence-electron chi connectivity index (χ1n) is 9.03. The molecule has 0 unspecified atom stereocenters. The number of Topliss-reactive ketones (excluding diaryl/α,β-unsaturated/α-hetero) is 1. The van der Waals surface area contributed by atoms with Crippen molar-refractivity contribution in [3.63, 3.8) is 0 Å². The number of fused-ring (bicyclic) bond motifs is 4. The minimum Gasteiger partial charge on any atom is -0.373 e. The maximum absolute atomic E-state index is 12.9. The molecule has 128 valence electrons. The van der Waals surface area contributed by atoms with E-state index in [1.807, 2.05) is 12.1 Å². The van der Waals surface area contributed by atoms with Gasteiger partial charge in [-0.2, -0.15) is 0 Å². The highest BCUT2D eigenvalue weighted by Gasteiger charge is 2.34. The van der Waals surface area contributed by atoms with Crippen LogP contribution in [0.2, 0.25) is 0 Å². The van der Waals surface area contributed by atoms with Gasteiger partial charge in [0.1, 0.15) is 0 Å². The topological polar surface area (TPSA) is 29.1 Å². The van der Waals surface area contributed by atoms with Crippen molar-refractivity contribution in [2.24, 2.45) is 0 Å². The van der Waals surface area contributed by atoms with Crippen LogP contribution in [0.3, 0.4) is 0 Å². The summed E-state index contributed by atoms with van der Waals surface area (Å²) in [6.07, 6.45) is 2.55. The minimum absolute atomic E-state index is 0.0797. The Morgan fingerprint density at radius 3 is 2.73 bits per heavy atom. The smallest absolute Gasteiger partial charge is 0.161 e. The van der Waals surface area contributed by atoms with Gasteiger partial charge in [0.25, 0.3) is 0 Å². The molecular weight excluding hydrogens is 386 g/mol. The summed E-state index contributed by atoms with van der Waals surface area (Å²) in [4.78, 5) is 12.9. The molecule has 0 saturated carbocycles. The fraction of sp³-hybridized carbons (Fsp3) is 0.174. The van der Waals surface area contributed by atoms with Crippen molar-refractivity contribution < 1.29 is 4.79 Å². The van der Waals surface area contributed by atoms with E-state index in [4.69, 9.17) is 0 Å². The molecule has 0 spiro atoms. The number of carbonyl (C=O) groups excluding carboxylic acids is 1. The highest BCUT2D eigenvalue weighted by atomic mass is 79.9. The molecule has 0 radical (unpaired) electrons. The van der Waals surface area contributed by atoms with E-state index in [0.29, 0.717) is 6.42 Å². The van der Waals surface area contributed by atoms with Crippen molar-refractivity contribution in [2.45, 2.75) is 25.3 Å². The third kappa shape index (κ3) is 2.42. The summed E-state index contributed by atoms with van der Waals surface area (Å²) < 4.78 is 1.03. The molecule has 26 heavy (non-hydrogen) atoms. The molecule has 1 aliphatic carbocycles. The Morgan fingerprint density at radius 2 is 1.85 bits per heavy atom. The van der Waals surface area contributed by atoms with Gasteiger partial charge >= 0.3 is 0 Å². The van der Waals surface area contributed by atoms with Crippen molar-refractivity contribution in [3.05, 3.63) is 81.8 Å². The largest absolute Gasteiger partial charge is 0.373 e. The van der Waals surface area contributed by atoms with Crippen LogP contribution < -0.4 is 5.32 Å². The molecule has 1 atom stereocenters. The molecule has 0 fully saturated rings. The predicted molar refractivity (Wildman–Crippen MR) is 110 cm³/mol. The van der Waals surface area contributed by atoms with Gasteiger partial charge in [0.2, 0.25) is 0 Å². The van der Waals surface area contributed by atoms with E-state index >= 15 is 0 Å². The highest BCUT2D eigenvalue weighted by Crippen LogP contribution is 2.48. The summed E-state index contributed by atoms with van der Waals surface area (Å²) in [6, 6.07) is 20.9. The van der Waals surface area contributed by atoms with Gasteiger partial charge in [-0.3, -0.25) is 4.79 Å². The molecule has 3 aromatic rings. The zero-order chi connectivity index (χ0) is 17.7. The first-order valence-corrected chi connectivity index (χ1v) is 9.82. The summed E-state index contributed by atoms with van der Waals surface area (Å²) in [6.45, 7) is 0. The van der Waals surface area contributed by atoms with Crippen LogP contribution in [0.1, 0.15) is 36.4 Å². The number of halogens is 1. The number of nitrogens with one attached hydrogen (secondary N) is 1. The van der Waals surface area contributed by atoms with E-state index in [0.717, 1.165) is 34.1 Å². The lowest BCUT2D eigenvalue weighted by Crippen LogP contribution is -2.27. The second-order valence-corrected chi connectivity index (χ2v) is 7.93. The Labute approximate surface area is 161 Å². The van der Waals surface area contributed by atoms with Crippen molar-refractivity contribution in [1.82, 2.24) is 0 Å². The van der Waals surface area contributed by atoms with Gasteiger partial charge in [-0.1, -0.05) is 58.4 Å². The van der Waals surface area contributed by atoms with Crippen LogP contribution in [0.4, 0.5) is 5.69 Å². The van der Waals surface area contributed by atoms with Gasteiger partial charge in [0, 0.05) is 27.7 Å². The van der Waals surface area contributed by atoms with Crippen LogP contribution in [-0.2, 0) is 4.79 Å². The monoisotopic (exact) mass is 403 g/mol. The zero-order valence-corrected chi connectivity index (χ0v) is 15.8. The lowest BCUT2D eigenvalue weighted by atomic mass is 9.77. The van der Waals surface area contributed by atoms with Gasteiger partial charge in [-0.15, -0.1) is 0 Å². The van der Waals surface area contributed by atoms with Crippen LogP contribution in [0.5, 0.6) is 0 Å². The molecule has 1 N–H and O–H groups in total. The predicted octanol–water partition coefficient (Wildman–Crippen LogP) is 6.28. The molecule has 0 saturated heterocycles. The van der Waals surface area contributed by atoms with Gasteiger partial charge in [0.15, 0.2) is 5.78 Å². The lowest BCUT2D eigenvalue weighted by Gasteiger charge is -2.35. The molecule has 1 aliphatic heterocycles. The summed E-state index contributed by atoms with van der Waals surface area (Å²) in [5, 5.41) is 6.11. The molecule has 2 nitrogen and oxygen atoms in total. The average Bonchev–Trinajstić information content (AvgIpc) is 2.67. The number of rotatable bonds is 1. The summed E-state index contributed by atoms with van der Waals surface area (Å²) in [5.74, 6) is 0.280. The lowest BCUT2D eigenvalue weighted by molar-refractivity contribution is -0.116. The molecule has 0 aromatic heterocycles. The van der Waals surface area contributed by atoms with Crippen molar-refractivity contribution in [2.75, 3.05) is 5.32 Å². The normalized spacial score (nSPS) is 19.1. The fourth-order valence-corrected chi connectivity index (χ4v) is 4.76. The van der Waals surface area contributed by atoms with Crippen LogP contribution in [0, 0.1) is 0 Å².